The minimum Gasteiger partial charge on any atom is -0.451 e. The molecule has 2 atom stereocenters. The van der Waals surface area contributed by atoms with Crippen LogP contribution in [0.4, 0.5) is 4.79 Å². The Hall–Kier alpha value is -2.46. The van der Waals surface area contributed by atoms with E-state index >= 15 is 0 Å². The van der Waals surface area contributed by atoms with E-state index in [0.29, 0.717) is 6.54 Å². The van der Waals surface area contributed by atoms with Gasteiger partial charge in [0, 0.05) is 19.5 Å². The third-order valence-electron chi connectivity index (χ3n) is 4.14. The number of fused-ring (bicyclic) bond motifs is 1. The molecule has 0 bridgehead atoms. The quantitative estimate of drug-likeness (QED) is 0.682. The van der Waals surface area contributed by atoms with Gasteiger partial charge in [-0.05, 0) is 25.0 Å². The lowest BCUT2D eigenvalue weighted by Gasteiger charge is -2.33. The summed E-state index contributed by atoms with van der Waals surface area (Å²) in [7, 11) is -3.68. The number of amides is 3. The molecular formula is C17H23N3O6S. The zero-order valence-electron chi connectivity index (χ0n) is 15.4. The van der Waals surface area contributed by atoms with Crippen LogP contribution in [-0.4, -0.2) is 55.6 Å². The number of nitrogens with one attached hydrogen (secondary N) is 2. The summed E-state index contributed by atoms with van der Waals surface area (Å²) in [5, 5.41) is 4.43. The molecule has 0 spiro atoms. The summed E-state index contributed by atoms with van der Waals surface area (Å²) in [4.78, 5) is 35.9. The average molecular weight is 397 g/mol. The van der Waals surface area contributed by atoms with E-state index < -0.39 is 40.1 Å². The highest BCUT2D eigenvalue weighted by Crippen LogP contribution is 2.26. The lowest BCUT2D eigenvalue weighted by Crippen LogP contribution is -2.51. The van der Waals surface area contributed by atoms with E-state index in [-0.39, 0.29) is 13.0 Å². The first kappa shape index (κ1) is 20.8. The highest BCUT2D eigenvalue weighted by Gasteiger charge is 2.39. The maximum atomic E-state index is 12.6. The topological polar surface area (TPSA) is 122 Å². The van der Waals surface area contributed by atoms with Crippen LogP contribution in [0.1, 0.15) is 25.0 Å². The number of benzene rings is 1. The summed E-state index contributed by atoms with van der Waals surface area (Å²) < 4.78 is 30.5. The summed E-state index contributed by atoms with van der Waals surface area (Å²) in [6.45, 7) is 3.38. The molecule has 3 amide bonds. The molecule has 1 aromatic carbocycles. The van der Waals surface area contributed by atoms with E-state index in [2.05, 4.69) is 5.32 Å². The molecule has 2 N–H and O–H groups in total. The van der Waals surface area contributed by atoms with Gasteiger partial charge in [0.15, 0.2) is 6.10 Å². The Bertz CT molecular complexity index is 839. The Morgan fingerprint density at radius 2 is 1.89 bits per heavy atom. The van der Waals surface area contributed by atoms with Gasteiger partial charge in [-0.2, -0.15) is 4.31 Å². The van der Waals surface area contributed by atoms with Gasteiger partial charge in [0.25, 0.3) is 5.91 Å². The van der Waals surface area contributed by atoms with Crippen molar-refractivity contribution in [1.29, 1.82) is 0 Å². The van der Waals surface area contributed by atoms with Gasteiger partial charge < -0.3 is 10.1 Å². The fourth-order valence-electron chi connectivity index (χ4n) is 2.77. The second-order valence-corrected chi connectivity index (χ2v) is 8.16. The predicted octanol–water partition coefficient (Wildman–Crippen LogP) is 0.150. The van der Waals surface area contributed by atoms with Crippen LogP contribution in [0.3, 0.4) is 0 Å². The summed E-state index contributed by atoms with van der Waals surface area (Å²) in [5.74, 6) is -1.63. The van der Waals surface area contributed by atoms with Gasteiger partial charge in [0.05, 0.1) is 6.26 Å². The van der Waals surface area contributed by atoms with E-state index in [1.807, 2.05) is 11.4 Å². The molecule has 0 aromatic heterocycles. The maximum absolute atomic E-state index is 12.6. The summed E-state index contributed by atoms with van der Waals surface area (Å²) >= 11 is 0. The number of carbonyl (C=O) groups excluding carboxylic acids is 3. The summed E-state index contributed by atoms with van der Waals surface area (Å²) in [6, 6.07) is 5.45. The fraction of sp³-hybridized carbons (Fsp3) is 0.471. The number of hydrogen-bond acceptors (Lipinski definition) is 6. The molecule has 0 unspecified atom stereocenters. The minimum absolute atomic E-state index is 0.0499. The minimum atomic E-state index is -3.68. The first-order valence-corrected chi connectivity index (χ1v) is 10.3. The number of rotatable bonds is 5. The first-order valence-electron chi connectivity index (χ1n) is 8.46. The van der Waals surface area contributed by atoms with E-state index in [0.717, 1.165) is 21.7 Å². The SMILES string of the molecule is CCNC(=O)NC(=O)[C@@H](C)OC(=O)[C@H]1Cc2ccccc2CN1S(C)(=O)=O. The number of imide groups is 1. The van der Waals surface area contributed by atoms with Crippen LogP contribution in [0.2, 0.25) is 0 Å². The molecule has 0 aliphatic carbocycles. The highest BCUT2D eigenvalue weighted by molar-refractivity contribution is 7.88. The Morgan fingerprint density at radius 3 is 2.48 bits per heavy atom. The number of carbonyl (C=O) groups is 3. The number of esters is 1. The normalized spacial score (nSPS) is 18.1. The van der Waals surface area contributed by atoms with Crippen molar-refractivity contribution in [3.63, 3.8) is 0 Å². The van der Waals surface area contributed by atoms with Gasteiger partial charge in [0.2, 0.25) is 10.0 Å². The molecular weight excluding hydrogens is 374 g/mol. The van der Waals surface area contributed by atoms with Crippen molar-refractivity contribution < 1.29 is 27.5 Å². The summed E-state index contributed by atoms with van der Waals surface area (Å²) in [5.41, 5.74) is 1.66. The predicted molar refractivity (Wildman–Crippen MR) is 97.1 cm³/mol. The van der Waals surface area contributed by atoms with Crippen LogP contribution in [0.25, 0.3) is 0 Å². The molecule has 1 aliphatic heterocycles. The van der Waals surface area contributed by atoms with Crippen LogP contribution < -0.4 is 10.6 Å². The number of hydrogen-bond donors (Lipinski definition) is 2. The van der Waals surface area contributed by atoms with Gasteiger partial charge in [-0.1, -0.05) is 24.3 Å². The second-order valence-electron chi connectivity index (χ2n) is 6.22. The van der Waals surface area contributed by atoms with Crippen molar-refractivity contribution in [2.75, 3.05) is 12.8 Å². The molecule has 1 aliphatic rings. The number of nitrogens with zero attached hydrogens (tertiary/aromatic N) is 1. The molecule has 27 heavy (non-hydrogen) atoms. The van der Waals surface area contributed by atoms with Gasteiger partial charge in [-0.25, -0.2) is 13.2 Å². The molecule has 148 valence electrons. The molecule has 9 nitrogen and oxygen atoms in total. The highest BCUT2D eigenvalue weighted by atomic mass is 32.2. The fourth-order valence-corrected chi connectivity index (χ4v) is 3.77. The Balaban J connectivity index is 2.13. The van der Waals surface area contributed by atoms with Crippen molar-refractivity contribution in [2.24, 2.45) is 0 Å². The maximum Gasteiger partial charge on any atom is 0.325 e. The van der Waals surface area contributed by atoms with E-state index in [1.165, 1.54) is 6.92 Å². The van der Waals surface area contributed by atoms with Gasteiger partial charge in [0.1, 0.15) is 6.04 Å². The first-order chi connectivity index (χ1) is 12.6. The molecule has 10 heteroatoms. The average Bonchev–Trinajstić information content (AvgIpc) is 2.59. The van der Waals surface area contributed by atoms with E-state index in [4.69, 9.17) is 4.74 Å². The Labute approximate surface area is 158 Å². The Morgan fingerprint density at radius 1 is 1.26 bits per heavy atom. The third kappa shape index (κ3) is 5.27. The van der Waals surface area contributed by atoms with Crippen LogP contribution in [0.15, 0.2) is 24.3 Å². The van der Waals surface area contributed by atoms with Crippen LogP contribution >= 0.6 is 0 Å². The monoisotopic (exact) mass is 397 g/mol. The Kier molecular flexibility index (Phi) is 6.55. The smallest absolute Gasteiger partial charge is 0.325 e. The van der Waals surface area contributed by atoms with E-state index in [9.17, 15) is 22.8 Å². The van der Waals surface area contributed by atoms with Crippen LogP contribution in [0, 0.1) is 0 Å². The largest absolute Gasteiger partial charge is 0.451 e. The van der Waals surface area contributed by atoms with E-state index in [1.54, 1.807) is 25.1 Å². The van der Waals surface area contributed by atoms with Crippen LogP contribution in [0.5, 0.6) is 0 Å². The van der Waals surface area contributed by atoms with Crippen molar-refractivity contribution in [3.8, 4) is 0 Å². The van der Waals surface area contributed by atoms with Crippen LogP contribution in [-0.2, 0) is 37.3 Å². The van der Waals surface area contributed by atoms with Gasteiger partial charge in [-0.15, -0.1) is 0 Å². The molecule has 0 saturated carbocycles. The van der Waals surface area contributed by atoms with Crippen molar-refractivity contribution in [3.05, 3.63) is 35.4 Å². The molecule has 2 rings (SSSR count). The molecule has 1 aromatic rings. The summed E-state index contributed by atoms with van der Waals surface area (Å²) in [6.07, 6.45) is -0.0854. The van der Waals surface area contributed by atoms with Crippen molar-refractivity contribution in [1.82, 2.24) is 14.9 Å². The zero-order valence-corrected chi connectivity index (χ0v) is 16.2. The lowest BCUT2D eigenvalue weighted by molar-refractivity contribution is -0.158. The van der Waals surface area contributed by atoms with Crippen molar-refractivity contribution >= 4 is 27.9 Å². The molecule has 0 radical (unpaired) electrons. The number of sulfonamides is 1. The van der Waals surface area contributed by atoms with Gasteiger partial charge in [-0.3, -0.25) is 14.9 Å². The lowest BCUT2D eigenvalue weighted by atomic mass is 9.96. The molecule has 0 saturated heterocycles. The standard InChI is InChI=1S/C17H23N3O6S/c1-4-18-17(23)19-15(21)11(2)26-16(22)14-9-12-7-5-6-8-13(12)10-20(14)27(3,24)25/h5-8,11,14H,4,9-10H2,1-3H3,(H2,18,19,21,23)/t11-,14-/m1/s1. The molecule has 1 heterocycles. The number of urea groups is 1. The van der Waals surface area contributed by atoms with Gasteiger partial charge >= 0.3 is 12.0 Å². The van der Waals surface area contributed by atoms with Crippen molar-refractivity contribution in [2.45, 2.75) is 39.0 Å². The zero-order chi connectivity index (χ0) is 20.2. The third-order valence-corrected chi connectivity index (χ3v) is 5.38. The number of ether oxygens (including phenoxy) is 1. The molecule has 0 fully saturated rings. The second kappa shape index (κ2) is 8.49.